The van der Waals surface area contributed by atoms with Gasteiger partial charge in [-0.3, -0.25) is 0 Å². The first-order valence-corrected chi connectivity index (χ1v) is 12.3. The van der Waals surface area contributed by atoms with Gasteiger partial charge in [-0.05, 0) is 49.6 Å². The van der Waals surface area contributed by atoms with Gasteiger partial charge in [0, 0.05) is 32.7 Å². The van der Waals surface area contributed by atoms with Crippen LogP contribution in [0.25, 0.3) is 11.0 Å². The first-order valence-electron chi connectivity index (χ1n) is 10.1. The van der Waals surface area contributed by atoms with Gasteiger partial charge >= 0.3 is 6.03 Å². The van der Waals surface area contributed by atoms with Gasteiger partial charge in [0.25, 0.3) is 0 Å². The van der Waals surface area contributed by atoms with Gasteiger partial charge in [0.15, 0.2) is 0 Å². The Morgan fingerprint density at radius 3 is 2.42 bits per heavy atom. The number of carbonyl (C=O) groups excluding carboxylic acids is 1. The Balaban J connectivity index is 1.39. The zero-order chi connectivity index (χ0) is 22.2. The van der Waals surface area contributed by atoms with Gasteiger partial charge in [0.05, 0.1) is 11.7 Å². The molecular formula is C21H25N5O3S2. The van der Waals surface area contributed by atoms with Crippen LogP contribution in [0.15, 0.2) is 35.2 Å². The Morgan fingerprint density at radius 2 is 1.74 bits per heavy atom. The number of benzene rings is 2. The van der Waals surface area contributed by atoms with E-state index in [1.54, 1.807) is 23.1 Å². The minimum Gasteiger partial charge on any atom is -0.334 e. The molecule has 0 spiro atoms. The lowest BCUT2D eigenvalue weighted by Crippen LogP contribution is -2.53. The number of aromatic nitrogens is 2. The molecule has 0 radical (unpaired) electrons. The number of rotatable bonds is 4. The summed E-state index contributed by atoms with van der Waals surface area (Å²) < 4.78 is 35.9. The van der Waals surface area contributed by atoms with Gasteiger partial charge in [0.2, 0.25) is 10.0 Å². The average molecular weight is 460 g/mol. The smallest absolute Gasteiger partial charge is 0.317 e. The van der Waals surface area contributed by atoms with Gasteiger partial charge in [0.1, 0.15) is 15.9 Å². The minimum absolute atomic E-state index is 0.168. The Bertz CT molecular complexity index is 1210. The maximum Gasteiger partial charge on any atom is 0.317 e. The molecular weight excluding hydrogens is 434 g/mol. The van der Waals surface area contributed by atoms with E-state index in [-0.39, 0.29) is 24.0 Å². The summed E-state index contributed by atoms with van der Waals surface area (Å²) in [6.45, 7) is 7.76. The van der Waals surface area contributed by atoms with Crippen molar-refractivity contribution in [2.45, 2.75) is 32.2 Å². The zero-order valence-corrected chi connectivity index (χ0v) is 19.4. The summed E-state index contributed by atoms with van der Waals surface area (Å²) in [6, 6.07) is 9.02. The van der Waals surface area contributed by atoms with Crippen molar-refractivity contribution in [2.24, 2.45) is 0 Å². The summed E-state index contributed by atoms with van der Waals surface area (Å²) in [4.78, 5) is 14.5. The van der Waals surface area contributed by atoms with Crippen LogP contribution in [-0.2, 0) is 16.6 Å². The van der Waals surface area contributed by atoms with E-state index in [0.29, 0.717) is 30.7 Å². The van der Waals surface area contributed by atoms with Crippen LogP contribution in [0, 0.1) is 20.8 Å². The van der Waals surface area contributed by atoms with Gasteiger partial charge in [-0.1, -0.05) is 23.8 Å². The molecule has 8 nitrogen and oxygen atoms in total. The first-order chi connectivity index (χ1) is 14.8. The van der Waals surface area contributed by atoms with Crippen molar-refractivity contribution in [3.63, 3.8) is 0 Å². The molecule has 1 N–H and O–H groups in total. The van der Waals surface area contributed by atoms with E-state index in [4.69, 9.17) is 0 Å². The highest BCUT2D eigenvalue weighted by atomic mass is 32.2. The predicted octanol–water partition coefficient (Wildman–Crippen LogP) is 2.83. The lowest BCUT2D eigenvalue weighted by atomic mass is 10.00. The van der Waals surface area contributed by atoms with Gasteiger partial charge in [-0.25, -0.2) is 13.2 Å². The molecule has 1 aliphatic rings. The SMILES string of the molecule is Cc1cc(C)c(CNC(=O)N2CCN(S(=O)(=O)c3cccc4nsnc34)CC2)c(C)c1. The van der Waals surface area contributed by atoms with Gasteiger partial charge < -0.3 is 10.2 Å². The monoisotopic (exact) mass is 459 g/mol. The summed E-state index contributed by atoms with van der Waals surface area (Å²) >= 11 is 0.996. The quantitative estimate of drug-likeness (QED) is 0.647. The van der Waals surface area contributed by atoms with Crippen LogP contribution in [0.2, 0.25) is 0 Å². The summed E-state index contributed by atoms with van der Waals surface area (Å²) in [5.41, 5.74) is 5.60. The molecule has 0 bridgehead atoms. The van der Waals surface area contributed by atoms with Crippen molar-refractivity contribution in [3.05, 3.63) is 52.6 Å². The van der Waals surface area contributed by atoms with Crippen molar-refractivity contribution in [2.75, 3.05) is 26.2 Å². The van der Waals surface area contributed by atoms with E-state index in [0.717, 1.165) is 28.4 Å². The predicted molar refractivity (Wildman–Crippen MR) is 121 cm³/mol. The number of fused-ring (bicyclic) bond motifs is 1. The van der Waals surface area contributed by atoms with Crippen molar-refractivity contribution < 1.29 is 13.2 Å². The molecule has 31 heavy (non-hydrogen) atoms. The molecule has 0 unspecified atom stereocenters. The summed E-state index contributed by atoms with van der Waals surface area (Å²) in [7, 11) is -3.70. The summed E-state index contributed by atoms with van der Waals surface area (Å²) in [6.07, 6.45) is 0. The fourth-order valence-electron chi connectivity index (χ4n) is 4.02. The summed E-state index contributed by atoms with van der Waals surface area (Å²) in [5.74, 6) is 0. The number of nitrogens with zero attached hydrogens (tertiary/aromatic N) is 4. The Hall–Kier alpha value is -2.56. The highest BCUT2D eigenvalue weighted by Gasteiger charge is 2.32. The number of sulfonamides is 1. The van der Waals surface area contributed by atoms with E-state index in [1.165, 1.54) is 9.87 Å². The maximum absolute atomic E-state index is 13.1. The first kappa shape index (κ1) is 21.7. The fraction of sp³-hybridized carbons (Fsp3) is 0.381. The molecule has 1 saturated heterocycles. The normalized spacial score (nSPS) is 15.4. The fourth-order valence-corrected chi connectivity index (χ4v) is 6.20. The molecule has 1 aliphatic heterocycles. The van der Waals surface area contributed by atoms with Crippen LogP contribution in [0.4, 0.5) is 4.79 Å². The van der Waals surface area contributed by atoms with Crippen LogP contribution >= 0.6 is 11.7 Å². The topological polar surface area (TPSA) is 95.5 Å². The molecule has 1 fully saturated rings. The number of carbonyl (C=O) groups is 1. The van der Waals surface area contributed by atoms with Crippen LogP contribution < -0.4 is 5.32 Å². The number of nitrogens with one attached hydrogen (secondary N) is 1. The molecule has 2 aromatic carbocycles. The number of amides is 2. The third kappa shape index (κ3) is 4.28. The van der Waals surface area contributed by atoms with Crippen molar-refractivity contribution in [1.82, 2.24) is 23.3 Å². The van der Waals surface area contributed by atoms with Crippen LogP contribution in [0.1, 0.15) is 22.3 Å². The van der Waals surface area contributed by atoms with Gasteiger partial charge in [-0.15, -0.1) is 0 Å². The van der Waals surface area contributed by atoms with E-state index < -0.39 is 10.0 Å². The van der Waals surface area contributed by atoms with Crippen molar-refractivity contribution >= 4 is 38.8 Å². The Kier molecular flexibility index (Phi) is 5.96. The number of urea groups is 1. The highest BCUT2D eigenvalue weighted by molar-refractivity contribution is 7.89. The summed E-state index contributed by atoms with van der Waals surface area (Å²) in [5, 5.41) is 2.98. The maximum atomic E-state index is 13.1. The number of aryl methyl sites for hydroxylation is 3. The number of hydrogen-bond donors (Lipinski definition) is 1. The van der Waals surface area contributed by atoms with Crippen LogP contribution in [0.3, 0.4) is 0 Å². The zero-order valence-electron chi connectivity index (χ0n) is 17.8. The molecule has 4 rings (SSSR count). The average Bonchev–Trinajstić information content (AvgIpc) is 3.21. The van der Waals surface area contributed by atoms with Gasteiger partial charge in [-0.2, -0.15) is 13.1 Å². The number of piperazine rings is 1. The highest BCUT2D eigenvalue weighted by Crippen LogP contribution is 2.25. The molecule has 0 aliphatic carbocycles. The largest absolute Gasteiger partial charge is 0.334 e. The van der Waals surface area contributed by atoms with E-state index in [9.17, 15) is 13.2 Å². The third-order valence-electron chi connectivity index (χ3n) is 5.65. The molecule has 164 valence electrons. The molecule has 10 heteroatoms. The second-order valence-corrected chi connectivity index (χ2v) is 10.3. The van der Waals surface area contributed by atoms with Crippen LogP contribution in [-0.4, -0.2) is 58.6 Å². The second-order valence-electron chi connectivity index (χ2n) is 7.82. The molecule has 3 aromatic rings. The minimum atomic E-state index is -3.70. The molecule has 2 heterocycles. The lowest BCUT2D eigenvalue weighted by molar-refractivity contribution is 0.172. The van der Waals surface area contributed by atoms with Crippen molar-refractivity contribution in [1.29, 1.82) is 0 Å². The standard InChI is InChI=1S/C21H25N5O3S2/c1-14-11-15(2)17(16(3)12-14)13-22-21(27)25-7-9-26(10-8-25)31(28,29)19-6-4-5-18-20(19)24-30-23-18/h4-6,11-12H,7-10,13H2,1-3H3,(H,22,27). The number of hydrogen-bond acceptors (Lipinski definition) is 6. The van der Waals surface area contributed by atoms with E-state index >= 15 is 0 Å². The molecule has 0 atom stereocenters. The Morgan fingerprint density at radius 1 is 1.06 bits per heavy atom. The molecule has 1 aromatic heterocycles. The van der Waals surface area contributed by atoms with Crippen molar-refractivity contribution in [3.8, 4) is 0 Å². The molecule has 2 amide bonds. The van der Waals surface area contributed by atoms with E-state index in [2.05, 4.69) is 33.1 Å². The van der Waals surface area contributed by atoms with E-state index in [1.807, 2.05) is 13.8 Å². The lowest BCUT2D eigenvalue weighted by Gasteiger charge is -2.34. The molecule has 0 saturated carbocycles. The Labute approximate surface area is 186 Å². The second kappa shape index (κ2) is 8.52. The van der Waals surface area contributed by atoms with Crippen LogP contribution in [0.5, 0.6) is 0 Å². The third-order valence-corrected chi connectivity index (χ3v) is 8.12.